The number of anilines is 3. The molecule has 0 radical (unpaired) electrons. The maximum atomic E-state index is 6.29. The summed E-state index contributed by atoms with van der Waals surface area (Å²) in [5, 5.41) is 10.5. The fourth-order valence-electron chi connectivity index (χ4n) is 2.80. The number of hydrogen-bond acceptors (Lipinski definition) is 6. The van der Waals surface area contributed by atoms with Crippen LogP contribution in [0.25, 0.3) is 11.3 Å². The average Bonchev–Trinajstić information content (AvgIpc) is 3.13. The van der Waals surface area contributed by atoms with E-state index in [2.05, 4.69) is 25.5 Å². The lowest BCUT2D eigenvalue weighted by Crippen LogP contribution is -2.02. The summed E-state index contributed by atoms with van der Waals surface area (Å²) in [5.41, 5.74) is 9.46. The zero-order valence-electron chi connectivity index (χ0n) is 15.7. The highest BCUT2D eigenvalue weighted by Crippen LogP contribution is 2.32. The number of aromatic amines is 1. The number of nitrogen functional groups attached to an aromatic ring is 1. The molecule has 0 saturated carbocycles. The Morgan fingerprint density at radius 2 is 1.93 bits per heavy atom. The van der Waals surface area contributed by atoms with E-state index >= 15 is 0 Å². The number of hydrogen-bond donors (Lipinski definition) is 3. The minimum atomic E-state index is 0.290. The third-order valence-corrected chi connectivity index (χ3v) is 4.52. The van der Waals surface area contributed by atoms with Gasteiger partial charge in [0.15, 0.2) is 17.5 Å². The summed E-state index contributed by atoms with van der Waals surface area (Å²) in [4.78, 5) is 8.83. The van der Waals surface area contributed by atoms with Crippen molar-refractivity contribution in [2.75, 3.05) is 11.1 Å². The molecule has 0 spiro atoms. The fraction of sp³-hybridized carbons (Fsp3) is 0.0952. The van der Waals surface area contributed by atoms with E-state index in [0.717, 1.165) is 16.8 Å². The number of H-pyrrole nitrogens is 1. The third kappa shape index (κ3) is 4.47. The minimum absolute atomic E-state index is 0.290. The van der Waals surface area contributed by atoms with Gasteiger partial charge in [-0.15, -0.1) is 0 Å². The molecule has 4 aromatic rings. The van der Waals surface area contributed by atoms with Crippen molar-refractivity contribution in [2.24, 2.45) is 0 Å². The number of nitrogens with one attached hydrogen (secondary N) is 2. The fourth-order valence-corrected chi connectivity index (χ4v) is 2.97. The molecule has 0 aliphatic carbocycles. The van der Waals surface area contributed by atoms with Crippen LogP contribution in [0.5, 0.6) is 5.75 Å². The molecule has 0 unspecified atom stereocenters. The number of benzene rings is 2. The lowest BCUT2D eigenvalue weighted by molar-refractivity contribution is 0.306. The van der Waals surface area contributed by atoms with E-state index in [0.29, 0.717) is 40.5 Å². The maximum absolute atomic E-state index is 6.29. The highest BCUT2D eigenvalue weighted by atomic mass is 35.5. The van der Waals surface area contributed by atoms with Gasteiger partial charge in [-0.3, -0.25) is 5.10 Å². The van der Waals surface area contributed by atoms with Crippen LogP contribution in [-0.2, 0) is 6.61 Å². The van der Waals surface area contributed by atoms with E-state index in [1.165, 1.54) is 0 Å². The number of nitrogens with two attached hydrogens (primary N) is 1. The molecule has 4 N–H and O–H groups in total. The van der Waals surface area contributed by atoms with E-state index in [-0.39, 0.29) is 0 Å². The minimum Gasteiger partial charge on any atom is -0.487 e. The third-order valence-electron chi connectivity index (χ3n) is 4.20. The Hall–Kier alpha value is -3.58. The second-order valence-corrected chi connectivity index (χ2v) is 6.88. The number of aromatic nitrogens is 4. The summed E-state index contributed by atoms with van der Waals surface area (Å²) >= 11 is 6.29. The molecule has 0 bridgehead atoms. The van der Waals surface area contributed by atoms with Crippen LogP contribution < -0.4 is 15.8 Å². The zero-order chi connectivity index (χ0) is 20.2. The smallest absolute Gasteiger partial charge is 0.153 e. The largest absolute Gasteiger partial charge is 0.487 e. The standard InChI is InChI=1S/C21H19ClN6O/c1-13-9-18(28-27-13)25-19-11-24-20(21(23)26-19)15-7-8-16(22)17(10-15)29-12-14-5-3-2-4-6-14/h2-11H,12H2,1H3,(H4,23,25,26,27,28). The van der Waals surface area contributed by atoms with Crippen LogP contribution in [0.15, 0.2) is 60.8 Å². The number of nitrogens with zero attached hydrogens (tertiary/aromatic N) is 3. The summed E-state index contributed by atoms with van der Waals surface area (Å²) < 4.78 is 5.88. The Morgan fingerprint density at radius 1 is 1.10 bits per heavy atom. The normalized spacial score (nSPS) is 10.7. The molecule has 0 aliphatic heterocycles. The Balaban J connectivity index is 1.54. The molecule has 8 heteroatoms. The Labute approximate surface area is 172 Å². The molecule has 7 nitrogen and oxygen atoms in total. The summed E-state index contributed by atoms with van der Waals surface area (Å²) in [6.07, 6.45) is 1.61. The number of aryl methyl sites for hydroxylation is 1. The first-order valence-corrected chi connectivity index (χ1v) is 9.34. The molecular formula is C21H19ClN6O. The molecule has 2 aromatic heterocycles. The molecule has 2 heterocycles. The molecule has 2 aromatic carbocycles. The molecule has 0 aliphatic rings. The summed E-state index contributed by atoms with van der Waals surface area (Å²) in [6.45, 7) is 2.33. The van der Waals surface area contributed by atoms with Crippen molar-refractivity contribution in [1.29, 1.82) is 0 Å². The van der Waals surface area contributed by atoms with Crippen molar-refractivity contribution >= 4 is 29.1 Å². The van der Waals surface area contributed by atoms with Crippen molar-refractivity contribution < 1.29 is 4.74 Å². The predicted molar refractivity (Wildman–Crippen MR) is 114 cm³/mol. The van der Waals surface area contributed by atoms with Gasteiger partial charge in [-0.1, -0.05) is 48.0 Å². The Morgan fingerprint density at radius 3 is 2.66 bits per heavy atom. The van der Waals surface area contributed by atoms with Crippen LogP contribution in [0.1, 0.15) is 11.3 Å². The van der Waals surface area contributed by atoms with Gasteiger partial charge in [0, 0.05) is 17.3 Å². The van der Waals surface area contributed by atoms with Crippen LogP contribution in [0, 0.1) is 6.92 Å². The van der Waals surface area contributed by atoms with Crippen molar-refractivity contribution in [1.82, 2.24) is 20.2 Å². The van der Waals surface area contributed by atoms with Gasteiger partial charge in [-0.2, -0.15) is 5.10 Å². The average molecular weight is 407 g/mol. The second-order valence-electron chi connectivity index (χ2n) is 6.47. The SMILES string of the molecule is Cc1cc(Nc2cnc(-c3ccc(Cl)c(OCc4ccccc4)c3)c(N)n2)n[nH]1. The second kappa shape index (κ2) is 8.20. The lowest BCUT2D eigenvalue weighted by atomic mass is 10.1. The first-order chi connectivity index (χ1) is 14.1. The molecule has 0 atom stereocenters. The van der Waals surface area contributed by atoms with Gasteiger partial charge in [-0.05, 0) is 24.6 Å². The van der Waals surface area contributed by atoms with Crippen LogP contribution >= 0.6 is 11.6 Å². The predicted octanol–water partition coefficient (Wildman–Crippen LogP) is 4.73. The quantitative estimate of drug-likeness (QED) is 0.427. The molecule has 0 saturated heterocycles. The molecular weight excluding hydrogens is 388 g/mol. The number of rotatable bonds is 6. The summed E-state index contributed by atoms with van der Waals surface area (Å²) in [7, 11) is 0. The summed E-state index contributed by atoms with van der Waals surface area (Å²) in [5.74, 6) is 2.00. The molecule has 0 amide bonds. The van der Waals surface area contributed by atoms with Crippen molar-refractivity contribution in [3.8, 4) is 17.0 Å². The van der Waals surface area contributed by atoms with Gasteiger partial charge in [0.25, 0.3) is 0 Å². The lowest BCUT2D eigenvalue weighted by Gasteiger charge is -2.11. The van der Waals surface area contributed by atoms with Crippen LogP contribution in [-0.4, -0.2) is 20.2 Å². The van der Waals surface area contributed by atoms with Crippen molar-refractivity contribution in [3.05, 3.63) is 77.1 Å². The van der Waals surface area contributed by atoms with Gasteiger partial charge in [0.2, 0.25) is 0 Å². The number of halogens is 1. The maximum Gasteiger partial charge on any atom is 0.153 e. The Bertz CT molecular complexity index is 1130. The van der Waals surface area contributed by atoms with Crippen molar-refractivity contribution in [3.63, 3.8) is 0 Å². The van der Waals surface area contributed by atoms with E-state index in [1.807, 2.05) is 55.5 Å². The van der Waals surface area contributed by atoms with Gasteiger partial charge in [-0.25, -0.2) is 9.97 Å². The van der Waals surface area contributed by atoms with E-state index in [1.54, 1.807) is 12.3 Å². The molecule has 29 heavy (non-hydrogen) atoms. The van der Waals surface area contributed by atoms with E-state index in [9.17, 15) is 0 Å². The number of ether oxygens (including phenoxy) is 1. The van der Waals surface area contributed by atoms with Crippen LogP contribution in [0.2, 0.25) is 5.02 Å². The molecule has 0 fully saturated rings. The highest BCUT2D eigenvalue weighted by molar-refractivity contribution is 6.32. The first kappa shape index (κ1) is 18.8. The van der Waals surface area contributed by atoms with E-state index < -0.39 is 0 Å². The van der Waals surface area contributed by atoms with Crippen molar-refractivity contribution in [2.45, 2.75) is 13.5 Å². The summed E-state index contributed by atoms with van der Waals surface area (Å²) in [6, 6.07) is 17.2. The topological polar surface area (TPSA) is 102 Å². The van der Waals surface area contributed by atoms with Crippen LogP contribution in [0.4, 0.5) is 17.5 Å². The highest BCUT2D eigenvalue weighted by Gasteiger charge is 2.12. The van der Waals surface area contributed by atoms with Gasteiger partial charge in [0.1, 0.15) is 18.1 Å². The Kier molecular flexibility index (Phi) is 5.31. The van der Waals surface area contributed by atoms with E-state index in [4.69, 9.17) is 22.1 Å². The van der Waals surface area contributed by atoms with Gasteiger partial charge in [0.05, 0.1) is 11.2 Å². The van der Waals surface area contributed by atoms with Gasteiger partial charge >= 0.3 is 0 Å². The molecule has 146 valence electrons. The molecule has 4 rings (SSSR count). The monoisotopic (exact) mass is 406 g/mol. The van der Waals surface area contributed by atoms with Crippen LogP contribution in [0.3, 0.4) is 0 Å². The van der Waals surface area contributed by atoms with Gasteiger partial charge < -0.3 is 15.8 Å². The first-order valence-electron chi connectivity index (χ1n) is 8.96. The zero-order valence-corrected chi connectivity index (χ0v) is 16.4.